The van der Waals surface area contributed by atoms with Gasteiger partial charge in [0, 0.05) is 22.7 Å². The maximum absolute atomic E-state index is 6.12. The number of nitrogens with one attached hydrogen (secondary N) is 1. The number of rotatable bonds is 6. The van der Waals surface area contributed by atoms with Crippen LogP contribution >= 0.6 is 11.8 Å². The Morgan fingerprint density at radius 3 is 2.71 bits per heavy atom. The van der Waals surface area contributed by atoms with E-state index >= 15 is 0 Å². The molecule has 0 fully saturated rings. The Bertz CT molecular complexity index is 614. The van der Waals surface area contributed by atoms with Crippen LogP contribution in [0.1, 0.15) is 23.7 Å². The molecule has 0 aliphatic heterocycles. The van der Waals surface area contributed by atoms with Crippen molar-refractivity contribution in [2.75, 3.05) is 12.8 Å². The Labute approximate surface area is 131 Å². The number of hydrogen-bond acceptors (Lipinski definition) is 4. The molecule has 1 N–H and O–H groups in total. The number of hydrogen-bond donors (Lipinski definition) is 1. The Hall–Kier alpha value is -1.52. The maximum Gasteiger partial charge on any atom is 0.224 e. The van der Waals surface area contributed by atoms with Gasteiger partial charge in [-0.1, -0.05) is 19.1 Å². The van der Waals surface area contributed by atoms with E-state index in [1.165, 1.54) is 5.56 Å². The van der Waals surface area contributed by atoms with Crippen molar-refractivity contribution in [1.82, 2.24) is 10.3 Å². The third kappa shape index (κ3) is 3.99. The quantitative estimate of drug-likeness (QED) is 0.806. The predicted molar refractivity (Wildman–Crippen MR) is 89.4 cm³/mol. The molecule has 0 saturated carbocycles. The molecule has 2 aromatic rings. The minimum absolute atomic E-state index is 0.704. The van der Waals surface area contributed by atoms with E-state index in [-0.39, 0.29) is 0 Å². The van der Waals surface area contributed by atoms with Crippen molar-refractivity contribution < 1.29 is 4.74 Å². The summed E-state index contributed by atoms with van der Waals surface area (Å²) in [4.78, 5) is 5.70. The predicted octanol–water partition coefficient (Wildman–Crippen LogP) is 4.32. The summed E-state index contributed by atoms with van der Waals surface area (Å²) in [6, 6.07) is 10.2. The molecule has 0 aliphatic carbocycles. The van der Waals surface area contributed by atoms with Crippen LogP contribution in [0.2, 0.25) is 0 Å². The van der Waals surface area contributed by atoms with E-state index in [0.717, 1.165) is 35.0 Å². The van der Waals surface area contributed by atoms with Crippen LogP contribution in [0.5, 0.6) is 11.6 Å². The Balaban J connectivity index is 2.38. The summed E-state index contributed by atoms with van der Waals surface area (Å²) < 4.78 is 6.12. The fourth-order valence-electron chi connectivity index (χ4n) is 2.19. The van der Waals surface area contributed by atoms with Gasteiger partial charge in [-0.15, -0.1) is 11.8 Å². The van der Waals surface area contributed by atoms with Crippen molar-refractivity contribution in [3.05, 3.63) is 47.2 Å². The molecule has 0 saturated heterocycles. The molecular weight excluding hydrogens is 280 g/mol. The lowest BCUT2D eigenvalue weighted by Crippen LogP contribution is -2.14. The Morgan fingerprint density at radius 2 is 2.00 bits per heavy atom. The zero-order valence-electron chi connectivity index (χ0n) is 13.1. The number of para-hydroxylation sites is 1. The maximum atomic E-state index is 6.12. The molecular formula is C17H22N2OS. The molecule has 0 spiro atoms. The average molecular weight is 302 g/mol. The lowest BCUT2D eigenvalue weighted by Gasteiger charge is -2.15. The highest BCUT2D eigenvalue weighted by atomic mass is 32.2. The van der Waals surface area contributed by atoms with Crippen molar-refractivity contribution in [2.24, 2.45) is 0 Å². The first kappa shape index (κ1) is 15.9. The molecule has 112 valence electrons. The fraction of sp³-hybridized carbons (Fsp3) is 0.353. The van der Waals surface area contributed by atoms with E-state index in [4.69, 9.17) is 4.74 Å². The smallest absolute Gasteiger partial charge is 0.224 e. The van der Waals surface area contributed by atoms with Crippen LogP contribution in [-0.2, 0) is 6.54 Å². The topological polar surface area (TPSA) is 34.2 Å². The summed E-state index contributed by atoms with van der Waals surface area (Å²) in [7, 11) is 0. The minimum Gasteiger partial charge on any atom is -0.437 e. The summed E-state index contributed by atoms with van der Waals surface area (Å²) in [5, 5.41) is 3.35. The number of nitrogens with zero attached hydrogens (tertiary/aromatic N) is 1. The summed E-state index contributed by atoms with van der Waals surface area (Å²) >= 11 is 1.68. The van der Waals surface area contributed by atoms with E-state index in [2.05, 4.69) is 42.5 Å². The van der Waals surface area contributed by atoms with Gasteiger partial charge in [0.2, 0.25) is 5.88 Å². The molecule has 4 heteroatoms. The van der Waals surface area contributed by atoms with Gasteiger partial charge in [-0.2, -0.15) is 0 Å². The molecule has 0 radical (unpaired) electrons. The molecule has 3 nitrogen and oxygen atoms in total. The molecule has 0 unspecified atom stereocenters. The second-order valence-electron chi connectivity index (χ2n) is 4.90. The first-order chi connectivity index (χ1) is 10.2. The SMILES string of the molecule is CCNCc1c(C)cc(C)nc1Oc1ccccc1SC. The highest BCUT2D eigenvalue weighted by molar-refractivity contribution is 7.98. The van der Waals surface area contributed by atoms with Crippen molar-refractivity contribution >= 4 is 11.8 Å². The number of ether oxygens (including phenoxy) is 1. The molecule has 2 rings (SSSR count). The molecule has 1 aromatic heterocycles. The van der Waals surface area contributed by atoms with Crippen molar-refractivity contribution in [3.8, 4) is 11.6 Å². The van der Waals surface area contributed by atoms with Crippen LogP contribution in [0.25, 0.3) is 0 Å². The monoisotopic (exact) mass is 302 g/mol. The summed E-state index contributed by atoms with van der Waals surface area (Å²) in [5.41, 5.74) is 3.31. The van der Waals surface area contributed by atoms with Crippen LogP contribution in [0.3, 0.4) is 0 Å². The first-order valence-corrected chi connectivity index (χ1v) is 8.37. The van der Waals surface area contributed by atoms with Gasteiger partial charge in [0.1, 0.15) is 5.75 Å². The third-order valence-electron chi connectivity index (χ3n) is 3.26. The van der Waals surface area contributed by atoms with E-state index in [1.54, 1.807) is 11.8 Å². The number of aromatic nitrogens is 1. The highest BCUT2D eigenvalue weighted by Gasteiger charge is 2.12. The largest absolute Gasteiger partial charge is 0.437 e. The van der Waals surface area contributed by atoms with Gasteiger partial charge in [-0.25, -0.2) is 4.98 Å². The molecule has 0 aliphatic rings. The third-order valence-corrected chi connectivity index (χ3v) is 4.04. The first-order valence-electron chi connectivity index (χ1n) is 7.14. The normalized spacial score (nSPS) is 10.7. The lowest BCUT2D eigenvalue weighted by molar-refractivity contribution is 0.441. The van der Waals surface area contributed by atoms with Crippen molar-refractivity contribution in [1.29, 1.82) is 0 Å². The molecule has 1 aromatic carbocycles. The zero-order valence-corrected chi connectivity index (χ0v) is 13.9. The number of aryl methyl sites for hydroxylation is 2. The zero-order chi connectivity index (χ0) is 15.2. The number of pyridine rings is 1. The second kappa shape index (κ2) is 7.48. The van der Waals surface area contributed by atoms with Crippen molar-refractivity contribution in [3.63, 3.8) is 0 Å². The summed E-state index contributed by atoms with van der Waals surface area (Å²) in [6.45, 7) is 7.90. The fourth-order valence-corrected chi connectivity index (χ4v) is 2.71. The summed E-state index contributed by atoms with van der Waals surface area (Å²) in [5.74, 6) is 1.56. The van der Waals surface area contributed by atoms with Crippen molar-refractivity contribution in [2.45, 2.75) is 32.2 Å². The minimum atomic E-state index is 0.704. The van der Waals surface area contributed by atoms with Gasteiger partial charge >= 0.3 is 0 Å². The molecule has 0 amide bonds. The van der Waals surface area contributed by atoms with Gasteiger partial charge in [0.25, 0.3) is 0 Å². The van der Waals surface area contributed by atoms with Crippen LogP contribution in [0.4, 0.5) is 0 Å². The Morgan fingerprint density at radius 1 is 1.24 bits per heavy atom. The van der Waals surface area contributed by atoms with E-state index in [1.807, 2.05) is 25.1 Å². The molecule has 0 bridgehead atoms. The van der Waals surface area contributed by atoms with E-state index < -0.39 is 0 Å². The van der Waals surface area contributed by atoms with Crippen LogP contribution < -0.4 is 10.1 Å². The number of thioether (sulfide) groups is 1. The second-order valence-corrected chi connectivity index (χ2v) is 5.75. The van der Waals surface area contributed by atoms with Crippen LogP contribution in [0, 0.1) is 13.8 Å². The molecule has 1 heterocycles. The van der Waals surface area contributed by atoms with E-state index in [9.17, 15) is 0 Å². The molecule has 0 atom stereocenters. The van der Waals surface area contributed by atoms with E-state index in [0.29, 0.717) is 5.88 Å². The molecule has 21 heavy (non-hydrogen) atoms. The summed E-state index contributed by atoms with van der Waals surface area (Å²) in [6.07, 6.45) is 2.05. The Kier molecular flexibility index (Phi) is 5.65. The van der Waals surface area contributed by atoms with Gasteiger partial charge in [-0.3, -0.25) is 0 Å². The standard InChI is InChI=1S/C17H22N2OS/c1-5-18-11-14-12(2)10-13(3)19-17(14)20-15-8-6-7-9-16(15)21-4/h6-10,18H,5,11H2,1-4H3. The number of benzene rings is 1. The highest BCUT2D eigenvalue weighted by Crippen LogP contribution is 2.32. The average Bonchev–Trinajstić information content (AvgIpc) is 2.47. The van der Waals surface area contributed by atoms with Gasteiger partial charge in [0.15, 0.2) is 0 Å². The van der Waals surface area contributed by atoms with Crippen LogP contribution in [0.15, 0.2) is 35.2 Å². The van der Waals surface area contributed by atoms with Crippen LogP contribution in [-0.4, -0.2) is 17.8 Å². The van der Waals surface area contributed by atoms with Gasteiger partial charge in [-0.05, 0) is 50.4 Å². The van der Waals surface area contributed by atoms with Gasteiger partial charge in [0.05, 0.1) is 0 Å². The van der Waals surface area contributed by atoms with Gasteiger partial charge < -0.3 is 10.1 Å². The lowest BCUT2D eigenvalue weighted by atomic mass is 10.1.